The predicted molar refractivity (Wildman–Crippen MR) is 102 cm³/mol. The third-order valence-corrected chi connectivity index (χ3v) is 5.64. The van der Waals surface area contributed by atoms with Crippen molar-refractivity contribution in [1.82, 2.24) is 15.0 Å². The summed E-state index contributed by atoms with van der Waals surface area (Å²) in [4.78, 5) is 17.4. The first kappa shape index (κ1) is 17.0. The van der Waals surface area contributed by atoms with Gasteiger partial charge in [0, 0.05) is 32.2 Å². The Morgan fingerprint density at radius 1 is 1.04 bits per heavy atom. The van der Waals surface area contributed by atoms with Crippen molar-refractivity contribution in [3.63, 3.8) is 0 Å². The van der Waals surface area contributed by atoms with E-state index in [9.17, 15) is 4.39 Å². The molecule has 136 valence electrons. The van der Waals surface area contributed by atoms with Crippen molar-refractivity contribution in [3.05, 3.63) is 35.5 Å². The second-order valence-electron chi connectivity index (χ2n) is 6.30. The molecule has 1 aliphatic heterocycles. The topological polar surface area (TPSA) is 54.4 Å². The van der Waals surface area contributed by atoms with Crippen molar-refractivity contribution < 1.29 is 9.13 Å². The number of methoxy groups -OCH3 is 1. The van der Waals surface area contributed by atoms with E-state index in [0.717, 1.165) is 34.2 Å². The van der Waals surface area contributed by atoms with Gasteiger partial charge in [0.1, 0.15) is 11.6 Å². The van der Waals surface area contributed by atoms with Crippen LogP contribution >= 0.6 is 11.3 Å². The van der Waals surface area contributed by atoms with Crippen LogP contribution in [0.2, 0.25) is 0 Å². The molecule has 0 radical (unpaired) electrons. The lowest BCUT2D eigenvalue weighted by Gasteiger charge is -2.35. The van der Waals surface area contributed by atoms with Crippen molar-refractivity contribution in [2.75, 3.05) is 43.1 Å². The number of anilines is 2. The minimum atomic E-state index is -0.323. The zero-order valence-corrected chi connectivity index (χ0v) is 15.8. The number of aromatic nitrogens is 3. The second kappa shape index (κ2) is 6.68. The minimum Gasteiger partial charge on any atom is -0.497 e. The van der Waals surface area contributed by atoms with Gasteiger partial charge in [-0.2, -0.15) is 0 Å². The summed E-state index contributed by atoms with van der Waals surface area (Å²) < 4.78 is 20.8. The number of piperazine rings is 1. The fourth-order valence-corrected chi connectivity index (χ4v) is 4.15. The molecular weight excluding hydrogens is 353 g/mol. The van der Waals surface area contributed by atoms with Gasteiger partial charge in [-0.15, -0.1) is 0 Å². The Morgan fingerprint density at radius 3 is 2.50 bits per heavy atom. The number of hydrogen-bond acceptors (Lipinski definition) is 7. The van der Waals surface area contributed by atoms with Gasteiger partial charge in [-0.25, -0.2) is 19.3 Å². The highest BCUT2D eigenvalue weighted by atomic mass is 32.1. The van der Waals surface area contributed by atoms with Gasteiger partial charge in [0.25, 0.3) is 0 Å². The van der Waals surface area contributed by atoms with Crippen LogP contribution in [0.3, 0.4) is 0 Å². The molecule has 8 heteroatoms. The van der Waals surface area contributed by atoms with Crippen LogP contribution in [0.25, 0.3) is 10.2 Å². The molecule has 0 unspecified atom stereocenters. The molecule has 0 bridgehead atoms. The van der Waals surface area contributed by atoms with E-state index in [0.29, 0.717) is 30.4 Å². The Kier molecular flexibility index (Phi) is 4.36. The average molecular weight is 373 g/mol. The molecule has 0 saturated carbocycles. The third kappa shape index (κ3) is 3.05. The quantitative estimate of drug-likeness (QED) is 0.703. The predicted octanol–water partition coefficient (Wildman–Crippen LogP) is 3.18. The summed E-state index contributed by atoms with van der Waals surface area (Å²) in [5.74, 6) is 1.49. The van der Waals surface area contributed by atoms with E-state index in [2.05, 4.69) is 14.9 Å². The van der Waals surface area contributed by atoms with E-state index in [1.54, 1.807) is 32.3 Å². The standard InChI is InChI=1S/C18H20FN5OS/c1-11-16(19)17(21-12(2)20-11)23-6-8-24(9-7-23)18-22-14-10-13(25-3)4-5-15(14)26-18/h4-5,10H,6-9H2,1-3H3. The smallest absolute Gasteiger partial charge is 0.186 e. The number of fused-ring (bicyclic) bond motifs is 1. The highest BCUT2D eigenvalue weighted by molar-refractivity contribution is 7.22. The molecule has 4 rings (SSSR count). The molecule has 3 heterocycles. The molecular formula is C18H20FN5OS. The van der Waals surface area contributed by atoms with Crippen LogP contribution in [0.5, 0.6) is 5.75 Å². The molecule has 0 spiro atoms. The first-order valence-electron chi connectivity index (χ1n) is 8.50. The van der Waals surface area contributed by atoms with E-state index in [4.69, 9.17) is 9.72 Å². The number of hydrogen-bond donors (Lipinski definition) is 0. The van der Waals surface area contributed by atoms with Crippen LogP contribution < -0.4 is 14.5 Å². The van der Waals surface area contributed by atoms with Crippen LogP contribution in [0.4, 0.5) is 15.3 Å². The van der Waals surface area contributed by atoms with Crippen molar-refractivity contribution >= 4 is 32.5 Å². The van der Waals surface area contributed by atoms with Crippen molar-refractivity contribution in [2.45, 2.75) is 13.8 Å². The maximum Gasteiger partial charge on any atom is 0.186 e. The van der Waals surface area contributed by atoms with E-state index in [1.807, 2.05) is 23.1 Å². The summed E-state index contributed by atoms with van der Waals surface area (Å²) in [7, 11) is 1.66. The highest BCUT2D eigenvalue weighted by Gasteiger charge is 2.24. The van der Waals surface area contributed by atoms with Crippen LogP contribution in [0.15, 0.2) is 18.2 Å². The number of rotatable bonds is 3. The number of thiazole rings is 1. The molecule has 6 nitrogen and oxygen atoms in total. The lowest BCUT2D eigenvalue weighted by atomic mass is 10.3. The van der Waals surface area contributed by atoms with Gasteiger partial charge < -0.3 is 14.5 Å². The van der Waals surface area contributed by atoms with Crippen LogP contribution in [0, 0.1) is 19.7 Å². The fraction of sp³-hybridized carbons (Fsp3) is 0.389. The zero-order chi connectivity index (χ0) is 18.3. The SMILES string of the molecule is COc1ccc2sc(N3CCN(c4nc(C)nc(C)c4F)CC3)nc2c1. The largest absolute Gasteiger partial charge is 0.497 e. The Hall–Kier alpha value is -2.48. The number of halogens is 1. The van der Waals surface area contributed by atoms with Gasteiger partial charge >= 0.3 is 0 Å². The molecule has 0 aliphatic carbocycles. The summed E-state index contributed by atoms with van der Waals surface area (Å²) in [6.07, 6.45) is 0. The number of aryl methyl sites for hydroxylation is 2. The Bertz CT molecular complexity index is 952. The molecule has 0 amide bonds. The van der Waals surface area contributed by atoms with Gasteiger partial charge in [-0.05, 0) is 26.0 Å². The zero-order valence-electron chi connectivity index (χ0n) is 15.0. The van der Waals surface area contributed by atoms with Crippen LogP contribution in [0.1, 0.15) is 11.5 Å². The Morgan fingerprint density at radius 2 is 1.77 bits per heavy atom. The van der Waals surface area contributed by atoms with Gasteiger partial charge in [-0.1, -0.05) is 11.3 Å². The monoisotopic (exact) mass is 373 g/mol. The molecule has 1 saturated heterocycles. The van der Waals surface area contributed by atoms with Crippen molar-refractivity contribution in [3.8, 4) is 5.75 Å². The highest BCUT2D eigenvalue weighted by Crippen LogP contribution is 2.32. The molecule has 3 aromatic rings. The first-order valence-corrected chi connectivity index (χ1v) is 9.32. The average Bonchev–Trinajstić information content (AvgIpc) is 3.08. The minimum absolute atomic E-state index is 0.323. The van der Waals surface area contributed by atoms with Gasteiger partial charge in [0.15, 0.2) is 16.8 Å². The van der Waals surface area contributed by atoms with E-state index in [-0.39, 0.29) is 5.82 Å². The lowest BCUT2D eigenvalue weighted by Crippen LogP contribution is -2.47. The number of nitrogens with zero attached hydrogens (tertiary/aromatic N) is 5. The third-order valence-electron chi connectivity index (χ3n) is 4.54. The van der Waals surface area contributed by atoms with E-state index < -0.39 is 0 Å². The number of ether oxygens (including phenoxy) is 1. The van der Waals surface area contributed by atoms with Gasteiger partial charge in [-0.3, -0.25) is 0 Å². The molecule has 26 heavy (non-hydrogen) atoms. The van der Waals surface area contributed by atoms with Crippen molar-refractivity contribution in [1.29, 1.82) is 0 Å². The summed E-state index contributed by atoms with van der Waals surface area (Å²) in [6, 6.07) is 5.94. The molecule has 0 atom stereocenters. The van der Waals surface area contributed by atoms with E-state index in [1.165, 1.54) is 0 Å². The summed E-state index contributed by atoms with van der Waals surface area (Å²) >= 11 is 1.67. The molecule has 1 aromatic carbocycles. The van der Waals surface area contributed by atoms with Gasteiger partial charge in [0.2, 0.25) is 0 Å². The first-order chi connectivity index (χ1) is 12.5. The summed E-state index contributed by atoms with van der Waals surface area (Å²) in [5, 5.41) is 0.989. The summed E-state index contributed by atoms with van der Waals surface area (Å²) in [5.41, 5.74) is 1.34. The van der Waals surface area contributed by atoms with Gasteiger partial charge in [0.05, 0.1) is 23.0 Å². The number of benzene rings is 1. The molecule has 2 aromatic heterocycles. The summed E-state index contributed by atoms with van der Waals surface area (Å²) in [6.45, 7) is 6.43. The molecule has 1 fully saturated rings. The van der Waals surface area contributed by atoms with E-state index >= 15 is 0 Å². The normalized spacial score (nSPS) is 14.9. The molecule has 1 aliphatic rings. The van der Waals surface area contributed by atoms with Crippen LogP contribution in [-0.4, -0.2) is 48.2 Å². The van der Waals surface area contributed by atoms with Crippen LogP contribution in [-0.2, 0) is 0 Å². The van der Waals surface area contributed by atoms with Crippen molar-refractivity contribution in [2.24, 2.45) is 0 Å². The second-order valence-corrected chi connectivity index (χ2v) is 7.31. The molecule has 0 N–H and O–H groups in total. The fourth-order valence-electron chi connectivity index (χ4n) is 3.16. The Balaban J connectivity index is 1.52. The Labute approximate surface area is 155 Å². The maximum absolute atomic E-state index is 14.4. The maximum atomic E-state index is 14.4. The lowest BCUT2D eigenvalue weighted by molar-refractivity contribution is 0.415.